The molecule has 5 nitrogen and oxygen atoms in total. The molecule has 0 aliphatic carbocycles. The Morgan fingerprint density at radius 2 is 2.00 bits per heavy atom. The number of aliphatic hydroxyl groups excluding tert-OH is 1. The van der Waals surface area contributed by atoms with Crippen LogP contribution in [0.4, 0.5) is 0 Å². The zero-order valence-corrected chi connectivity index (χ0v) is 12.9. The maximum Gasteiger partial charge on any atom is 0.184 e. The first kappa shape index (κ1) is 15.3. The second kappa shape index (κ2) is 6.64. The Morgan fingerprint density at radius 1 is 1.24 bits per heavy atom. The van der Waals surface area contributed by atoms with Gasteiger partial charge in [0, 0.05) is 12.7 Å². The van der Waals surface area contributed by atoms with Gasteiger partial charge >= 0.3 is 0 Å². The quantitative estimate of drug-likeness (QED) is 0.914. The Balaban J connectivity index is 1.77. The fourth-order valence-electron chi connectivity index (χ4n) is 2.81. The van der Waals surface area contributed by atoms with E-state index in [1.54, 1.807) is 11.8 Å². The van der Waals surface area contributed by atoms with Crippen LogP contribution < -0.4 is 0 Å². The molecule has 2 aliphatic heterocycles. The van der Waals surface area contributed by atoms with Gasteiger partial charge in [-0.05, 0) is 6.26 Å². The van der Waals surface area contributed by atoms with Crippen molar-refractivity contribution in [1.29, 1.82) is 0 Å². The fourth-order valence-corrected chi connectivity index (χ4v) is 3.72. The smallest absolute Gasteiger partial charge is 0.184 e. The molecule has 0 amide bonds. The minimum absolute atomic E-state index is 0.108. The molecule has 0 spiro atoms. The molecule has 2 heterocycles. The molecule has 1 unspecified atom stereocenters. The summed E-state index contributed by atoms with van der Waals surface area (Å²) < 4.78 is 22.8. The number of benzene rings is 1. The second-order valence-electron chi connectivity index (χ2n) is 5.15. The molecule has 1 aromatic carbocycles. The zero-order chi connectivity index (χ0) is 14.8. The highest BCUT2D eigenvalue weighted by Gasteiger charge is 2.49. The molecular formula is C15H20O5S. The van der Waals surface area contributed by atoms with Crippen LogP contribution in [0.5, 0.6) is 0 Å². The lowest BCUT2D eigenvalue weighted by Crippen LogP contribution is -2.60. The van der Waals surface area contributed by atoms with Crippen LogP contribution in [0.3, 0.4) is 0 Å². The standard InChI is InChI=1S/C15H20O5S/c1-17-15-11(16)13(21-2)12-10(19-15)8-18-14(20-12)9-6-4-3-5-7-9/h3-7,10-16H,8H2,1-2H3/t10-,11-,12-,13+,14?,15-/m1/s1. The zero-order valence-electron chi connectivity index (χ0n) is 12.0. The van der Waals surface area contributed by atoms with Crippen LogP contribution in [-0.4, -0.2) is 54.9 Å². The number of hydrogen-bond acceptors (Lipinski definition) is 6. The summed E-state index contributed by atoms with van der Waals surface area (Å²) in [6.07, 6.45) is -0.266. The maximum absolute atomic E-state index is 10.3. The average Bonchev–Trinajstić information content (AvgIpc) is 2.54. The molecule has 3 rings (SSSR count). The Hall–Kier alpha value is -0.630. The number of thioether (sulfide) groups is 1. The number of ether oxygens (including phenoxy) is 4. The third-order valence-electron chi connectivity index (χ3n) is 3.88. The van der Waals surface area contributed by atoms with Gasteiger partial charge in [0.2, 0.25) is 0 Å². The van der Waals surface area contributed by atoms with E-state index >= 15 is 0 Å². The first-order valence-electron chi connectivity index (χ1n) is 6.95. The van der Waals surface area contributed by atoms with Crippen molar-refractivity contribution in [3.8, 4) is 0 Å². The number of hydrogen-bond donors (Lipinski definition) is 1. The molecule has 116 valence electrons. The van der Waals surface area contributed by atoms with E-state index in [1.165, 1.54) is 7.11 Å². The normalized spacial score (nSPS) is 39.8. The van der Waals surface area contributed by atoms with Gasteiger partial charge in [-0.1, -0.05) is 30.3 Å². The van der Waals surface area contributed by atoms with Crippen molar-refractivity contribution in [1.82, 2.24) is 0 Å². The van der Waals surface area contributed by atoms with Crippen molar-refractivity contribution in [3.05, 3.63) is 35.9 Å². The summed E-state index contributed by atoms with van der Waals surface area (Å²) in [7, 11) is 1.53. The highest BCUT2D eigenvalue weighted by Crippen LogP contribution is 2.37. The van der Waals surface area contributed by atoms with Gasteiger partial charge in [0.1, 0.15) is 18.3 Å². The van der Waals surface area contributed by atoms with E-state index in [-0.39, 0.29) is 17.5 Å². The van der Waals surface area contributed by atoms with E-state index in [1.807, 2.05) is 36.6 Å². The highest BCUT2D eigenvalue weighted by molar-refractivity contribution is 7.99. The van der Waals surface area contributed by atoms with Gasteiger partial charge in [0.25, 0.3) is 0 Å². The first-order chi connectivity index (χ1) is 10.2. The number of aliphatic hydroxyl groups is 1. The van der Waals surface area contributed by atoms with Crippen molar-refractivity contribution in [3.63, 3.8) is 0 Å². The van der Waals surface area contributed by atoms with Crippen molar-refractivity contribution >= 4 is 11.8 Å². The predicted molar refractivity (Wildman–Crippen MR) is 79.0 cm³/mol. The molecule has 1 N–H and O–H groups in total. The summed E-state index contributed by atoms with van der Waals surface area (Å²) >= 11 is 1.57. The number of methoxy groups -OCH3 is 1. The minimum Gasteiger partial charge on any atom is -0.387 e. The fraction of sp³-hybridized carbons (Fsp3) is 0.600. The van der Waals surface area contributed by atoms with Gasteiger partial charge < -0.3 is 24.1 Å². The summed E-state index contributed by atoms with van der Waals surface area (Å²) in [6, 6.07) is 9.80. The van der Waals surface area contributed by atoms with Crippen LogP contribution >= 0.6 is 11.8 Å². The van der Waals surface area contributed by atoms with E-state index in [2.05, 4.69) is 0 Å². The first-order valence-corrected chi connectivity index (χ1v) is 8.24. The SMILES string of the molecule is CO[C@@H]1O[C@@H]2COC(c3ccccc3)O[C@H]2[C@@H](SC)[C@H]1O. The van der Waals surface area contributed by atoms with Crippen LogP contribution in [0.1, 0.15) is 11.9 Å². The largest absolute Gasteiger partial charge is 0.387 e. The Bertz CT molecular complexity index is 457. The topological polar surface area (TPSA) is 57.2 Å². The van der Waals surface area contributed by atoms with E-state index in [0.29, 0.717) is 6.61 Å². The molecule has 2 saturated heterocycles. The Labute approximate surface area is 128 Å². The van der Waals surface area contributed by atoms with Crippen LogP contribution in [0.15, 0.2) is 30.3 Å². The lowest BCUT2D eigenvalue weighted by molar-refractivity contribution is -0.330. The third-order valence-corrected chi connectivity index (χ3v) is 4.97. The Kier molecular flexibility index (Phi) is 4.83. The molecular weight excluding hydrogens is 292 g/mol. The molecule has 2 aliphatic rings. The van der Waals surface area contributed by atoms with E-state index in [9.17, 15) is 5.11 Å². The number of rotatable bonds is 3. The van der Waals surface area contributed by atoms with Crippen LogP contribution in [-0.2, 0) is 18.9 Å². The third kappa shape index (κ3) is 2.97. The average molecular weight is 312 g/mol. The van der Waals surface area contributed by atoms with Gasteiger partial charge in [-0.15, -0.1) is 0 Å². The van der Waals surface area contributed by atoms with Crippen molar-refractivity contribution in [2.45, 2.75) is 36.1 Å². The van der Waals surface area contributed by atoms with Crippen LogP contribution in [0, 0.1) is 0 Å². The van der Waals surface area contributed by atoms with Crippen LogP contribution in [0.2, 0.25) is 0 Å². The maximum atomic E-state index is 10.3. The summed E-state index contributed by atoms with van der Waals surface area (Å²) in [5, 5.41) is 10.2. The lowest BCUT2D eigenvalue weighted by atomic mass is 10.0. The highest BCUT2D eigenvalue weighted by atomic mass is 32.2. The van der Waals surface area contributed by atoms with E-state index < -0.39 is 18.7 Å². The molecule has 1 aromatic rings. The van der Waals surface area contributed by atoms with Gasteiger partial charge in [-0.3, -0.25) is 0 Å². The minimum atomic E-state index is -0.722. The molecule has 2 fully saturated rings. The van der Waals surface area contributed by atoms with E-state index in [4.69, 9.17) is 18.9 Å². The lowest BCUT2D eigenvalue weighted by Gasteiger charge is -2.47. The summed E-state index contributed by atoms with van der Waals surface area (Å²) in [4.78, 5) is 0. The summed E-state index contributed by atoms with van der Waals surface area (Å²) in [5.74, 6) is 0. The molecule has 21 heavy (non-hydrogen) atoms. The van der Waals surface area contributed by atoms with Gasteiger partial charge in [-0.2, -0.15) is 11.8 Å². The van der Waals surface area contributed by atoms with Crippen LogP contribution in [0.25, 0.3) is 0 Å². The number of fused-ring (bicyclic) bond motifs is 1. The summed E-state index contributed by atoms with van der Waals surface area (Å²) in [5.41, 5.74) is 0.971. The molecule has 6 heteroatoms. The predicted octanol–water partition coefficient (Wildman–Crippen LogP) is 1.56. The van der Waals surface area contributed by atoms with Gasteiger partial charge in [0.15, 0.2) is 12.6 Å². The molecule has 0 bridgehead atoms. The summed E-state index contributed by atoms with van der Waals surface area (Å²) in [6.45, 7) is 0.424. The van der Waals surface area contributed by atoms with Gasteiger partial charge in [-0.25, -0.2) is 0 Å². The Morgan fingerprint density at radius 3 is 2.67 bits per heavy atom. The van der Waals surface area contributed by atoms with Crippen molar-refractivity contribution in [2.24, 2.45) is 0 Å². The second-order valence-corrected chi connectivity index (χ2v) is 6.16. The van der Waals surface area contributed by atoms with Crippen molar-refractivity contribution < 1.29 is 24.1 Å². The molecule has 0 aromatic heterocycles. The monoisotopic (exact) mass is 312 g/mol. The molecule has 0 saturated carbocycles. The van der Waals surface area contributed by atoms with Gasteiger partial charge in [0.05, 0.1) is 11.9 Å². The van der Waals surface area contributed by atoms with E-state index in [0.717, 1.165) is 5.56 Å². The molecule has 6 atom stereocenters. The molecule has 0 radical (unpaired) electrons. The van der Waals surface area contributed by atoms with Crippen molar-refractivity contribution in [2.75, 3.05) is 20.0 Å².